The summed E-state index contributed by atoms with van der Waals surface area (Å²) in [5.74, 6) is -0.118. The lowest BCUT2D eigenvalue weighted by Crippen LogP contribution is -2.42. The molecule has 104 valence electrons. The summed E-state index contributed by atoms with van der Waals surface area (Å²) < 4.78 is 5.55. The van der Waals surface area contributed by atoms with E-state index in [9.17, 15) is 9.90 Å². The van der Waals surface area contributed by atoms with E-state index in [4.69, 9.17) is 4.74 Å². The van der Waals surface area contributed by atoms with Crippen LogP contribution >= 0.6 is 11.3 Å². The van der Waals surface area contributed by atoms with E-state index in [0.29, 0.717) is 6.42 Å². The molecular formula is C14H19NO3S. The average molecular weight is 281 g/mol. The standard InChI is InChI=1S/C14H19NO3S/c1-9(2)14(7-11(16)6-13(17)18-14)5-4-12-10(3)15-8-19-12/h7-9,16H,4-6H2,1-3H3. The minimum Gasteiger partial charge on any atom is -0.512 e. The Kier molecular flexibility index (Phi) is 3.94. The fourth-order valence-electron chi connectivity index (χ4n) is 2.33. The van der Waals surface area contributed by atoms with Gasteiger partial charge < -0.3 is 9.84 Å². The molecule has 1 unspecified atom stereocenters. The van der Waals surface area contributed by atoms with Crippen LogP contribution in [0.1, 0.15) is 37.3 Å². The summed E-state index contributed by atoms with van der Waals surface area (Å²) in [6, 6.07) is 0. The van der Waals surface area contributed by atoms with Crippen molar-refractivity contribution in [3.05, 3.63) is 27.9 Å². The van der Waals surface area contributed by atoms with Crippen molar-refractivity contribution in [3.63, 3.8) is 0 Å². The number of hydrogen-bond donors (Lipinski definition) is 1. The van der Waals surface area contributed by atoms with E-state index in [1.165, 1.54) is 4.88 Å². The first-order valence-corrected chi connectivity index (χ1v) is 7.32. The predicted molar refractivity (Wildman–Crippen MR) is 74.2 cm³/mol. The Balaban J connectivity index is 2.19. The molecule has 0 amide bonds. The second kappa shape index (κ2) is 5.33. The number of ether oxygens (including phenoxy) is 1. The lowest BCUT2D eigenvalue weighted by atomic mass is 9.83. The number of aliphatic hydroxyl groups excluding tert-OH is 1. The van der Waals surface area contributed by atoms with Gasteiger partial charge in [-0.3, -0.25) is 4.79 Å². The molecule has 0 saturated carbocycles. The number of esters is 1. The molecule has 0 saturated heterocycles. The number of thiazole rings is 1. The van der Waals surface area contributed by atoms with Crippen LogP contribution in [-0.4, -0.2) is 21.7 Å². The summed E-state index contributed by atoms with van der Waals surface area (Å²) in [4.78, 5) is 17.0. The molecule has 0 fully saturated rings. The molecule has 0 radical (unpaired) electrons. The van der Waals surface area contributed by atoms with E-state index in [0.717, 1.165) is 12.1 Å². The highest BCUT2D eigenvalue weighted by Gasteiger charge is 2.39. The molecule has 1 aliphatic heterocycles. The Labute approximate surface area is 117 Å². The number of carbonyl (C=O) groups excluding carboxylic acids is 1. The van der Waals surface area contributed by atoms with Crippen LogP contribution in [0.25, 0.3) is 0 Å². The van der Waals surface area contributed by atoms with Gasteiger partial charge in [0.1, 0.15) is 17.8 Å². The van der Waals surface area contributed by atoms with Gasteiger partial charge in [0.2, 0.25) is 0 Å². The van der Waals surface area contributed by atoms with E-state index >= 15 is 0 Å². The molecule has 1 aliphatic rings. The van der Waals surface area contributed by atoms with Gasteiger partial charge in [0, 0.05) is 4.88 Å². The number of hydrogen-bond acceptors (Lipinski definition) is 5. The lowest BCUT2D eigenvalue weighted by molar-refractivity contribution is -0.162. The predicted octanol–water partition coefficient (Wildman–Crippen LogP) is 3.17. The Hall–Kier alpha value is -1.36. The highest BCUT2D eigenvalue weighted by atomic mass is 32.1. The Morgan fingerprint density at radius 2 is 2.32 bits per heavy atom. The molecule has 1 atom stereocenters. The molecule has 2 heterocycles. The second-order valence-corrected chi connectivity index (χ2v) is 6.20. The van der Waals surface area contributed by atoms with Crippen LogP contribution in [0.3, 0.4) is 0 Å². The zero-order valence-corrected chi connectivity index (χ0v) is 12.3. The topological polar surface area (TPSA) is 59.4 Å². The van der Waals surface area contributed by atoms with E-state index in [1.54, 1.807) is 17.4 Å². The van der Waals surface area contributed by atoms with Gasteiger partial charge in [0.15, 0.2) is 0 Å². The third-order valence-corrected chi connectivity index (χ3v) is 4.60. The maximum Gasteiger partial charge on any atom is 0.314 e. The maximum absolute atomic E-state index is 11.6. The van der Waals surface area contributed by atoms with Crippen molar-refractivity contribution >= 4 is 17.3 Å². The molecule has 0 aromatic carbocycles. The summed E-state index contributed by atoms with van der Waals surface area (Å²) in [6.07, 6.45) is 3.15. The van der Waals surface area contributed by atoms with Crippen molar-refractivity contribution in [2.75, 3.05) is 0 Å². The van der Waals surface area contributed by atoms with Crippen molar-refractivity contribution in [1.29, 1.82) is 0 Å². The number of nitrogens with zero attached hydrogens (tertiary/aromatic N) is 1. The molecule has 5 heteroatoms. The molecule has 1 aromatic rings. The van der Waals surface area contributed by atoms with Gasteiger partial charge >= 0.3 is 5.97 Å². The van der Waals surface area contributed by atoms with E-state index in [-0.39, 0.29) is 24.1 Å². The van der Waals surface area contributed by atoms with Gasteiger partial charge in [0.25, 0.3) is 0 Å². The Morgan fingerprint density at radius 1 is 1.58 bits per heavy atom. The molecule has 1 aromatic heterocycles. The summed E-state index contributed by atoms with van der Waals surface area (Å²) in [6.45, 7) is 5.98. The van der Waals surface area contributed by atoms with Gasteiger partial charge in [-0.05, 0) is 31.8 Å². The number of cyclic esters (lactones) is 1. The first-order chi connectivity index (χ1) is 8.93. The lowest BCUT2D eigenvalue weighted by Gasteiger charge is -2.37. The zero-order chi connectivity index (χ0) is 14.0. The second-order valence-electron chi connectivity index (χ2n) is 5.26. The van der Waals surface area contributed by atoms with Gasteiger partial charge in [-0.25, -0.2) is 4.98 Å². The molecule has 4 nitrogen and oxygen atoms in total. The van der Waals surface area contributed by atoms with Crippen molar-refractivity contribution in [2.45, 2.75) is 45.6 Å². The summed E-state index contributed by atoms with van der Waals surface area (Å²) in [5, 5.41) is 9.73. The highest BCUT2D eigenvalue weighted by Crippen LogP contribution is 2.35. The number of rotatable bonds is 4. The average Bonchev–Trinajstić information content (AvgIpc) is 2.71. The number of carbonyl (C=O) groups is 1. The van der Waals surface area contributed by atoms with Crippen molar-refractivity contribution < 1.29 is 14.6 Å². The van der Waals surface area contributed by atoms with Gasteiger partial charge in [-0.2, -0.15) is 0 Å². The molecule has 0 spiro atoms. The molecule has 19 heavy (non-hydrogen) atoms. The monoisotopic (exact) mass is 281 g/mol. The quantitative estimate of drug-likeness (QED) is 0.861. The van der Waals surface area contributed by atoms with E-state index in [2.05, 4.69) is 4.98 Å². The summed E-state index contributed by atoms with van der Waals surface area (Å²) in [7, 11) is 0. The van der Waals surface area contributed by atoms with Crippen LogP contribution in [-0.2, 0) is 16.0 Å². The fraction of sp³-hybridized carbons (Fsp3) is 0.571. The van der Waals surface area contributed by atoms with Gasteiger partial charge in [-0.15, -0.1) is 11.3 Å². The molecular weight excluding hydrogens is 262 g/mol. The van der Waals surface area contributed by atoms with Crippen molar-refractivity contribution in [2.24, 2.45) is 5.92 Å². The minimum atomic E-state index is -0.699. The van der Waals surface area contributed by atoms with Crippen LogP contribution < -0.4 is 0 Å². The first-order valence-electron chi connectivity index (χ1n) is 6.44. The summed E-state index contributed by atoms with van der Waals surface area (Å²) >= 11 is 1.62. The van der Waals surface area contributed by atoms with Gasteiger partial charge in [0.05, 0.1) is 11.2 Å². The third-order valence-electron chi connectivity index (χ3n) is 3.61. The molecule has 0 aliphatic carbocycles. The molecule has 1 N–H and O–H groups in total. The Morgan fingerprint density at radius 3 is 2.84 bits per heavy atom. The zero-order valence-electron chi connectivity index (χ0n) is 11.5. The number of aryl methyl sites for hydroxylation is 2. The molecule has 0 bridgehead atoms. The number of aliphatic hydroxyl groups is 1. The van der Waals surface area contributed by atoms with Crippen LogP contribution in [0, 0.1) is 12.8 Å². The largest absolute Gasteiger partial charge is 0.512 e. The van der Waals surface area contributed by atoms with Crippen molar-refractivity contribution in [3.8, 4) is 0 Å². The first kappa shape index (κ1) is 14.1. The smallest absolute Gasteiger partial charge is 0.314 e. The minimum absolute atomic E-state index is 0.0198. The maximum atomic E-state index is 11.6. The van der Waals surface area contributed by atoms with Crippen LogP contribution in [0.5, 0.6) is 0 Å². The fourth-order valence-corrected chi connectivity index (χ4v) is 3.11. The summed E-state index contributed by atoms with van der Waals surface area (Å²) in [5.41, 5.74) is 2.15. The Bertz CT molecular complexity index is 507. The highest BCUT2D eigenvalue weighted by molar-refractivity contribution is 7.09. The van der Waals surface area contributed by atoms with Crippen LogP contribution in [0.2, 0.25) is 0 Å². The number of aromatic nitrogens is 1. The normalized spacial score (nSPS) is 23.4. The van der Waals surface area contributed by atoms with Gasteiger partial charge in [-0.1, -0.05) is 13.8 Å². The van der Waals surface area contributed by atoms with Crippen LogP contribution in [0.4, 0.5) is 0 Å². The SMILES string of the molecule is Cc1ncsc1CCC1(C(C)C)C=C(O)CC(=O)O1. The third kappa shape index (κ3) is 2.97. The molecule has 2 rings (SSSR count). The van der Waals surface area contributed by atoms with Crippen LogP contribution in [0.15, 0.2) is 17.3 Å². The van der Waals surface area contributed by atoms with E-state index < -0.39 is 5.60 Å². The van der Waals surface area contributed by atoms with Crippen molar-refractivity contribution in [1.82, 2.24) is 4.98 Å². The van der Waals surface area contributed by atoms with E-state index in [1.807, 2.05) is 26.3 Å².